The minimum absolute atomic E-state index is 0.0371. The van der Waals surface area contributed by atoms with E-state index in [0.29, 0.717) is 22.2 Å². The Bertz CT molecular complexity index is 1440. The summed E-state index contributed by atoms with van der Waals surface area (Å²) in [5.74, 6) is 0.462. The third-order valence-electron chi connectivity index (χ3n) is 5.31. The van der Waals surface area contributed by atoms with Crippen molar-refractivity contribution in [1.29, 1.82) is 0 Å². The molecule has 0 saturated heterocycles. The number of hydrogen-bond donors (Lipinski definition) is 1. The van der Waals surface area contributed by atoms with Crippen molar-refractivity contribution in [2.75, 3.05) is 26.5 Å². The first kappa shape index (κ1) is 22.3. The van der Waals surface area contributed by atoms with Crippen molar-refractivity contribution in [3.8, 4) is 5.75 Å². The van der Waals surface area contributed by atoms with Gasteiger partial charge in [0.2, 0.25) is 0 Å². The first-order valence-electron chi connectivity index (χ1n) is 10.2. The van der Waals surface area contributed by atoms with Gasteiger partial charge in [0.25, 0.3) is 15.9 Å². The molecule has 2 heterocycles. The lowest BCUT2D eigenvalue weighted by Gasteiger charge is -2.12. The SMILES string of the molecule is COc1ccc(Nc2ccc3c(C(=O)N(C)C)cn(S(=O)(=O)c4cccnc4)c3c2)c(C)c1. The molecule has 0 fully saturated rings. The Morgan fingerprint density at radius 1 is 1.12 bits per heavy atom. The number of methoxy groups -OCH3 is 1. The molecule has 2 aromatic heterocycles. The van der Waals surface area contributed by atoms with Crippen molar-refractivity contribution >= 4 is 38.2 Å². The zero-order valence-corrected chi connectivity index (χ0v) is 19.6. The van der Waals surface area contributed by atoms with Crippen LogP contribution < -0.4 is 10.1 Å². The number of aryl methyl sites for hydroxylation is 1. The molecule has 170 valence electrons. The molecule has 0 aliphatic carbocycles. The lowest BCUT2D eigenvalue weighted by molar-refractivity contribution is 0.0829. The molecule has 0 atom stereocenters. The fourth-order valence-electron chi connectivity index (χ4n) is 3.56. The number of carbonyl (C=O) groups is 1. The molecular weight excluding hydrogens is 440 g/mol. The lowest BCUT2D eigenvalue weighted by atomic mass is 10.1. The Balaban J connectivity index is 1.87. The van der Waals surface area contributed by atoms with Crippen molar-refractivity contribution in [2.45, 2.75) is 11.8 Å². The van der Waals surface area contributed by atoms with Gasteiger partial charge in [0.05, 0.1) is 18.2 Å². The normalized spacial score (nSPS) is 11.4. The van der Waals surface area contributed by atoms with Crippen LogP contribution in [0.1, 0.15) is 15.9 Å². The highest BCUT2D eigenvalue weighted by Gasteiger charge is 2.25. The van der Waals surface area contributed by atoms with Crippen molar-refractivity contribution in [1.82, 2.24) is 13.9 Å². The third-order valence-corrected chi connectivity index (χ3v) is 6.97. The third kappa shape index (κ3) is 4.14. The molecule has 0 spiro atoms. The highest BCUT2D eigenvalue weighted by atomic mass is 32.2. The van der Waals surface area contributed by atoms with Crippen LogP contribution in [0, 0.1) is 6.92 Å². The van der Waals surface area contributed by atoms with Crippen molar-refractivity contribution in [3.05, 3.63) is 78.2 Å². The summed E-state index contributed by atoms with van der Waals surface area (Å²) in [5.41, 5.74) is 3.19. The van der Waals surface area contributed by atoms with E-state index in [-0.39, 0.29) is 10.8 Å². The number of benzene rings is 2. The summed E-state index contributed by atoms with van der Waals surface area (Å²) in [4.78, 5) is 18.2. The molecule has 33 heavy (non-hydrogen) atoms. The van der Waals surface area contributed by atoms with E-state index in [1.165, 1.54) is 29.6 Å². The Hall–Kier alpha value is -3.85. The van der Waals surface area contributed by atoms with Crippen LogP contribution in [-0.4, -0.2) is 49.4 Å². The molecule has 9 heteroatoms. The summed E-state index contributed by atoms with van der Waals surface area (Å²) in [6.07, 6.45) is 4.17. The van der Waals surface area contributed by atoms with Gasteiger partial charge in [-0.2, -0.15) is 0 Å². The van der Waals surface area contributed by atoms with E-state index in [1.54, 1.807) is 39.4 Å². The van der Waals surface area contributed by atoms with Gasteiger partial charge in [-0.1, -0.05) is 0 Å². The second kappa shape index (κ2) is 8.59. The van der Waals surface area contributed by atoms with Crippen LogP contribution in [-0.2, 0) is 10.0 Å². The maximum atomic E-state index is 13.4. The number of aromatic nitrogens is 2. The fraction of sp³-hybridized carbons (Fsp3) is 0.167. The summed E-state index contributed by atoms with van der Waals surface area (Å²) in [6.45, 7) is 1.95. The van der Waals surface area contributed by atoms with Crippen LogP contribution in [0.5, 0.6) is 5.75 Å². The van der Waals surface area contributed by atoms with Crippen molar-refractivity contribution < 1.29 is 17.9 Å². The van der Waals surface area contributed by atoms with Crippen LogP contribution in [0.15, 0.2) is 72.0 Å². The molecule has 4 aromatic rings. The number of hydrogen-bond acceptors (Lipinski definition) is 6. The number of carbonyl (C=O) groups excluding carboxylic acids is 1. The average molecular weight is 465 g/mol. The first-order chi connectivity index (χ1) is 15.7. The maximum absolute atomic E-state index is 13.4. The molecule has 8 nitrogen and oxygen atoms in total. The minimum atomic E-state index is -3.97. The van der Waals surface area contributed by atoms with Gasteiger partial charge in [0.1, 0.15) is 10.6 Å². The standard InChI is InChI=1S/C24H24N4O4S/c1-16-12-18(32-4)8-10-22(16)26-17-7-9-20-21(24(29)27(2)3)15-28(23(20)13-17)33(30,31)19-6-5-11-25-14-19/h5-15,26H,1-4H3. The van der Waals surface area contributed by atoms with E-state index >= 15 is 0 Å². The van der Waals surface area contributed by atoms with Gasteiger partial charge >= 0.3 is 0 Å². The summed E-state index contributed by atoms with van der Waals surface area (Å²) in [7, 11) is 0.896. The quantitative estimate of drug-likeness (QED) is 0.463. The molecule has 4 rings (SSSR count). The molecule has 0 unspecified atom stereocenters. The second-order valence-corrected chi connectivity index (χ2v) is 9.58. The number of pyridine rings is 1. The van der Waals surface area contributed by atoms with Gasteiger partial charge in [-0.3, -0.25) is 9.78 Å². The van der Waals surface area contributed by atoms with Crippen LogP contribution in [0.4, 0.5) is 11.4 Å². The number of rotatable bonds is 6. The van der Waals surface area contributed by atoms with Gasteiger partial charge < -0.3 is 15.0 Å². The van der Waals surface area contributed by atoms with Gasteiger partial charge in [0, 0.05) is 49.4 Å². The van der Waals surface area contributed by atoms with Crippen molar-refractivity contribution in [3.63, 3.8) is 0 Å². The Morgan fingerprint density at radius 2 is 1.91 bits per heavy atom. The van der Waals surface area contributed by atoms with Crippen LogP contribution in [0.3, 0.4) is 0 Å². The molecule has 0 bridgehead atoms. The van der Waals surface area contributed by atoms with Crippen LogP contribution >= 0.6 is 0 Å². The molecule has 0 radical (unpaired) electrons. The number of anilines is 2. The predicted octanol–water partition coefficient (Wildman–Crippen LogP) is 4.04. The highest BCUT2D eigenvalue weighted by molar-refractivity contribution is 7.90. The topological polar surface area (TPSA) is 93.5 Å². The number of ether oxygens (including phenoxy) is 1. The monoisotopic (exact) mass is 464 g/mol. The molecule has 2 aromatic carbocycles. The van der Waals surface area contributed by atoms with Gasteiger partial charge in [-0.15, -0.1) is 0 Å². The fourth-order valence-corrected chi connectivity index (χ4v) is 4.88. The lowest BCUT2D eigenvalue weighted by Crippen LogP contribution is -2.21. The van der Waals surface area contributed by atoms with Crippen molar-refractivity contribution in [2.24, 2.45) is 0 Å². The van der Waals surface area contributed by atoms with Gasteiger partial charge in [-0.25, -0.2) is 12.4 Å². The second-order valence-electron chi connectivity index (χ2n) is 7.77. The van der Waals surface area contributed by atoms with E-state index in [4.69, 9.17) is 4.74 Å². The van der Waals surface area contributed by atoms with Crippen LogP contribution in [0.2, 0.25) is 0 Å². The smallest absolute Gasteiger partial charge is 0.269 e. The first-order valence-corrected chi connectivity index (χ1v) is 11.6. The zero-order chi connectivity index (χ0) is 23.8. The average Bonchev–Trinajstić information content (AvgIpc) is 3.20. The largest absolute Gasteiger partial charge is 0.497 e. The maximum Gasteiger partial charge on any atom is 0.269 e. The van der Waals surface area contributed by atoms with Gasteiger partial charge in [-0.05, 0) is 61.0 Å². The van der Waals surface area contributed by atoms with E-state index < -0.39 is 10.0 Å². The zero-order valence-electron chi connectivity index (χ0n) is 18.7. The molecule has 0 aliphatic heterocycles. The summed E-state index contributed by atoms with van der Waals surface area (Å²) < 4.78 is 33.2. The molecule has 1 amide bonds. The van der Waals surface area contributed by atoms with E-state index in [2.05, 4.69) is 10.3 Å². The van der Waals surface area contributed by atoms with E-state index in [0.717, 1.165) is 21.0 Å². The molecule has 1 N–H and O–H groups in total. The number of nitrogens with one attached hydrogen (secondary N) is 1. The highest BCUT2D eigenvalue weighted by Crippen LogP contribution is 2.31. The van der Waals surface area contributed by atoms with E-state index in [9.17, 15) is 13.2 Å². The Labute approximate surface area is 192 Å². The molecular formula is C24H24N4O4S. The van der Waals surface area contributed by atoms with Crippen LogP contribution in [0.25, 0.3) is 10.9 Å². The number of amides is 1. The number of fused-ring (bicyclic) bond motifs is 1. The number of nitrogens with zero attached hydrogens (tertiary/aromatic N) is 3. The van der Waals surface area contributed by atoms with E-state index in [1.807, 2.05) is 31.2 Å². The molecule has 0 saturated carbocycles. The van der Waals surface area contributed by atoms with Gasteiger partial charge in [0.15, 0.2) is 0 Å². The minimum Gasteiger partial charge on any atom is -0.497 e. The Kier molecular flexibility index (Phi) is 5.82. The summed E-state index contributed by atoms with van der Waals surface area (Å²) >= 11 is 0. The predicted molar refractivity (Wildman–Crippen MR) is 128 cm³/mol. The summed E-state index contributed by atoms with van der Waals surface area (Å²) in [5, 5.41) is 3.86. The Morgan fingerprint density at radius 3 is 2.55 bits per heavy atom. The molecule has 0 aliphatic rings. The summed E-state index contributed by atoms with van der Waals surface area (Å²) in [6, 6.07) is 14.0.